The van der Waals surface area contributed by atoms with Crippen molar-refractivity contribution in [2.24, 2.45) is 0 Å². The van der Waals surface area contributed by atoms with Crippen molar-refractivity contribution in [3.63, 3.8) is 0 Å². The Morgan fingerprint density at radius 2 is 1.94 bits per heavy atom. The van der Waals surface area contributed by atoms with E-state index in [1.165, 1.54) is 16.2 Å². The van der Waals surface area contributed by atoms with Gasteiger partial charge in [-0.25, -0.2) is 4.98 Å². The van der Waals surface area contributed by atoms with Gasteiger partial charge in [0.15, 0.2) is 5.01 Å². The molecule has 1 aromatic carbocycles. The predicted octanol–water partition coefficient (Wildman–Crippen LogP) is 3.88. The number of rotatable bonds is 4. The molecule has 170 valence electrons. The van der Waals surface area contributed by atoms with Crippen LogP contribution in [0.25, 0.3) is 10.9 Å². The van der Waals surface area contributed by atoms with E-state index in [2.05, 4.69) is 48.5 Å². The minimum Gasteiger partial charge on any atom is -0.351 e. The van der Waals surface area contributed by atoms with Crippen LogP contribution in [0, 0.1) is 0 Å². The lowest BCUT2D eigenvalue weighted by atomic mass is 10.1. The average Bonchev–Trinajstić information content (AvgIpc) is 3.45. The van der Waals surface area contributed by atoms with Gasteiger partial charge in [0.1, 0.15) is 5.69 Å². The SMILES string of the molecule is CN1CCc2nc(C(=O)N[C@@H]3CCC[C@H]3NC(=O)c3cc4cc(Br)ccc4[nH]3)sc2C1.Cl. The summed E-state index contributed by atoms with van der Waals surface area (Å²) in [7, 11) is 2.08. The largest absolute Gasteiger partial charge is 0.351 e. The number of thiazole rings is 1. The van der Waals surface area contributed by atoms with Crippen molar-refractivity contribution in [3.8, 4) is 0 Å². The summed E-state index contributed by atoms with van der Waals surface area (Å²) in [5.41, 5.74) is 2.50. The van der Waals surface area contributed by atoms with Crippen LogP contribution in [-0.2, 0) is 13.0 Å². The maximum atomic E-state index is 12.9. The topological polar surface area (TPSA) is 90.1 Å². The minimum atomic E-state index is -0.147. The standard InChI is InChI=1S/C22H24BrN5O2S.ClH/c1-28-8-7-17-19(11-28)31-22(27-17)21(30)26-16-4-2-3-15(16)25-20(29)18-10-12-9-13(23)5-6-14(12)24-18;/h5-6,9-10,15-16,24H,2-4,7-8,11H2,1H3,(H,25,29)(H,26,30);1H/t15-,16-;/m1./s1. The molecule has 1 saturated carbocycles. The van der Waals surface area contributed by atoms with E-state index in [1.807, 2.05) is 24.3 Å². The highest BCUT2D eigenvalue weighted by Crippen LogP contribution is 2.26. The first-order valence-corrected chi connectivity index (χ1v) is 12.1. The van der Waals surface area contributed by atoms with E-state index in [4.69, 9.17) is 0 Å². The molecule has 1 fully saturated rings. The number of nitrogens with one attached hydrogen (secondary N) is 3. The molecule has 7 nitrogen and oxygen atoms in total. The van der Waals surface area contributed by atoms with Crippen LogP contribution >= 0.6 is 39.7 Å². The van der Waals surface area contributed by atoms with Crippen molar-refractivity contribution in [1.82, 2.24) is 25.5 Å². The number of carbonyl (C=O) groups excluding carboxylic acids is 2. The van der Waals surface area contributed by atoms with Crippen molar-refractivity contribution in [2.75, 3.05) is 13.6 Å². The Bertz CT molecular complexity index is 1160. The molecule has 0 unspecified atom stereocenters. The van der Waals surface area contributed by atoms with Gasteiger partial charge in [-0.2, -0.15) is 0 Å². The third kappa shape index (κ3) is 4.71. The van der Waals surface area contributed by atoms with E-state index in [1.54, 1.807) is 0 Å². The first-order valence-electron chi connectivity index (χ1n) is 10.5. The molecule has 32 heavy (non-hydrogen) atoms. The second-order valence-corrected chi connectivity index (χ2v) is 10.4. The molecule has 5 rings (SSSR count). The van der Waals surface area contributed by atoms with Gasteiger partial charge in [-0.15, -0.1) is 23.7 Å². The van der Waals surface area contributed by atoms with E-state index in [9.17, 15) is 9.59 Å². The third-order valence-corrected chi connectivity index (χ3v) is 7.67. The Hall–Kier alpha value is -1.94. The fourth-order valence-corrected chi connectivity index (χ4v) is 5.90. The van der Waals surface area contributed by atoms with Crippen LogP contribution in [0.3, 0.4) is 0 Å². The number of likely N-dealkylation sites (N-methyl/N-ethyl adjacent to an activating group) is 1. The van der Waals surface area contributed by atoms with E-state index >= 15 is 0 Å². The molecule has 2 aliphatic rings. The van der Waals surface area contributed by atoms with Crippen LogP contribution in [0.2, 0.25) is 0 Å². The summed E-state index contributed by atoms with van der Waals surface area (Å²) in [5, 5.41) is 7.74. The number of hydrogen-bond donors (Lipinski definition) is 3. The molecule has 0 spiro atoms. The lowest BCUT2D eigenvalue weighted by molar-refractivity contribution is 0.0889. The van der Waals surface area contributed by atoms with Crippen LogP contribution in [0.15, 0.2) is 28.7 Å². The first-order chi connectivity index (χ1) is 15.0. The fraction of sp³-hybridized carbons (Fsp3) is 0.409. The minimum absolute atomic E-state index is 0. The van der Waals surface area contributed by atoms with Crippen molar-refractivity contribution in [3.05, 3.63) is 50.0 Å². The molecule has 1 aliphatic carbocycles. The number of fused-ring (bicyclic) bond motifs is 2. The summed E-state index contributed by atoms with van der Waals surface area (Å²) in [6.07, 6.45) is 3.55. The predicted molar refractivity (Wildman–Crippen MR) is 132 cm³/mol. The molecule has 0 radical (unpaired) electrons. The average molecular weight is 539 g/mol. The number of nitrogens with zero attached hydrogens (tertiary/aromatic N) is 2. The molecule has 3 N–H and O–H groups in total. The van der Waals surface area contributed by atoms with Crippen molar-refractivity contribution in [1.29, 1.82) is 0 Å². The number of hydrogen-bond acceptors (Lipinski definition) is 5. The van der Waals surface area contributed by atoms with Crippen LogP contribution in [-0.4, -0.2) is 52.4 Å². The van der Waals surface area contributed by atoms with Crippen molar-refractivity contribution < 1.29 is 9.59 Å². The highest BCUT2D eigenvalue weighted by Gasteiger charge is 2.32. The summed E-state index contributed by atoms with van der Waals surface area (Å²) in [4.78, 5) is 36.9. The number of aromatic amines is 1. The lowest BCUT2D eigenvalue weighted by Crippen LogP contribution is -2.48. The summed E-state index contributed by atoms with van der Waals surface area (Å²) < 4.78 is 0.972. The molecular weight excluding hydrogens is 514 g/mol. The molecule has 0 saturated heterocycles. The third-order valence-electron chi connectivity index (χ3n) is 6.09. The van der Waals surface area contributed by atoms with Gasteiger partial charge >= 0.3 is 0 Å². The summed E-state index contributed by atoms with van der Waals surface area (Å²) in [6.45, 7) is 1.82. The summed E-state index contributed by atoms with van der Waals surface area (Å²) in [6, 6.07) is 7.55. The molecule has 1 aliphatic heterocycles. The molecule has 3 aromatic rings. The molecule has 0 bridgehead atoms. The van der Waals surface area contributed by atoms with Crippen molar-refractivity contribution >= 4 is 62.4 Å². The molecule has 2 aromatic heterocycles. The maximum absolute atomic E-state index is 12.9. The van der Waals surface area contributed by atoms with Gasteiger partial charge in [0, 0.05) is 51.8 Å². The second-order valence-electron chi connectivity index (χ2n) is 8.38. The quantitative estimate of drug-likeness (QED) is 0.470. The number of benzene rings is 1. The van der Waals surface area contributed by atoms with E-state index in [-0.39, 0.29) is 36.3 Å². The van der Waals surface area contributed by atoms with Crippen LogP contribution in [0.1, 0.15) is 50.1 Å². The normalized spacial score (nSPS) is 20.6. The Labute approximate surface area is 204 Å². The smallest absolute Gasteiger partial charge is 0.280 e. The van der Waals surface area contributed by atoms with Gasteiger partial charge in [-0.05, 0) is 50.6 Å². The van der Waals surface area contributed by atoms with Gasteiger partial charge in [-0.1, -0.05) is 15.9 Å². The van der Waals surface area contributed by atoms with Crippen molar-refractivity contribution in [2.45, 2.75) is 44.3 Å². The Morgan fingerprint density at radius 1 is 1.19 bits per heavy atom. The number of H-pyrrole nitrogens is 1. The second kappa shape index (κ2) is 9.51. The highest BCUT2D eigenvalue weighted by molar-refractivity contribution is 9.10. The van der Waals surface area contributed by atoms with Gasteiger partial charge in [-0.3, -0.25) is 9.59 Å². The monoisotopic (exact) mass is 537 g/mol. The Morgan fingerprint density at radius 3 is 2.72 bits per heavy atom. The first kappa shape index (κ1) is 23.2. The van der Waals surface area contributed by atoms with Gasteiger partial charge in [0.25, 0.3) is 11.8 Å². The molecule has 2 atom stereocenters. The Balaban J connectivity index is 0.00000245. The molecule has 10 heteroatoms. The molecular formula is C22H25BrClN5O2S. The highest BCUT2D eigenvalue weighted by atomic mass is 79.9. The number of carbonyl (C=O) groups is 2. The number of halogens is 2. The van der Waals surface area contributed by atoms with Crippen LogP contribution < -0.4 is 10.6 Å². The van der Waals surface area contributed by atoms with E-state index in [0.717, 1.165) is 59.8 Å². The number of aromatic nitrogens is 2. The number of amides is 2. The maximum Gasteiger partial charge on any atom is 0.280 e. The zero-order valence-corrected chi connectivity index (χ0v) is 20.8. The van der Waals surface area contributed by atoms with Crippen LogP contribution in [0.4, 0.5) is 0 Å². The zero-order valence-electron chi connectivity index (χ0n) is 17.6. The van der Waals surface area contributed by atoms with Gasteiger partial charge in [0.2, 0.25) is 0 Å². The van der Waals surface area contributed by atoms with E-state index < -0.39 is 0 Å². The lowest BCUT2D eigenvalue weighted by Gasteiger charge is -2.21. The zero-order chi connectivity index (χ0) is 21.5. The molecule has 2 amide bonds. The van der Waals surface area contributed by atoms with Crippen LogP contribution in [0.5, 0.6) is 0 Å². The Kier molecular flexibility index (Phi) is 6.90. The van der Waals surface area contributed by atoms with E-state index in [0.29, 0.717) is 10.7 Å². The van der Waals surface area contributed by atoms with Gasteiger partial charge < -0.3 is 20.5 Å². The fourth-order valence-electron chi connectivity index (χ4n) is 4.43. The summed E-state index contributed by atoms with van der Waals surface area (Å²) >= 11 is 4.94. The summed E-state index contributed by atoms with van der Waals surface area (Å²) in [5.74, 6) is -0.283. The molecule has 3 heterocycles. The van der Waals surface area contributed by atoms with Gasteiger partial charge in [0.05, 0.1) is 5.69 Å².